The highest BCUT2D eigenvalue weighted by molar-refractivity contribution is 6.43. The summed E-state index contributed by atoms with van der Waals surface area (Å²) in [6.07, 6.45) is 2.38. The fourth-order valence-electron chi connectivity index (χ4n) is 3.50. The number of nitrogens with zero attached hydrogens (tertiary/aromatic N) is 2. The monoisotopic (exact) mass is 417 g/mol. The Morgan fingerprint density at radius 3 is 2.00 bits per heavy atom. The predicted molar refractivity (Wildman–Crippen MR) is 108 cm³/mol. The molecule has 0 bridgehead atoms. The van der Waals surface area contributed by atoms with Crippen molar-refractivity contribution in [2.45, 2.75) is 12.8 Å². The number of imide groups is 1. The van der Waals surface area contributed by atoms with E-state index in [1.54, 1.807) is 0 Å². The van der Waals surface area contributed by atoms with Gasteiger partial charge >= 0.3 is 0 Å². The molecule has 144 valence electrons. The van der Waals surface area contributed by atoms with Crippen molar-refractivity contribution in [1.82, 2.24) is 4.90 Å². The molecular formula is C20H17Cl2N3O3. The van der Waals surface area contributed by atoms with Gasteiger partial charge in [0.05, 0.1) is 21.2 Å². The van der Waals surface area contributed by atoms with Crippen LogP contribution in [0.2, 0.25) is 10.0 Å². The second-order valence-electron chi connectivity index (χ2n) is 6.80. The number of anilines is 2. The van der Waals surface area contributed by atoms with Crippen molar-refractivity contribution in [3.8, 4) is 0 Å². The minimum atomic E-state index is -0.557. The fourth-order valence-corrected chi connectivity index (χ4v) is 3.83. The van der Waals surface area contributed by atoms with Crippen molar-refractivity contribution in [3.05, 3.63) is 57.6 Å². The maximum atomic E-state index is 12.5. The van der Waals surface area contributed by atoms with Crippen LogP contribution >= 0.6 is 23.2 Å². The van der Waals surface area contributed by atoms with Gasteiger partial charge in [-0.3, -0.25) is 19.3 Å². The molecule has 0 unspecified atom stereocenters. The lowest BCUT2D eigenvalue weighted by molar-refractivity contribution is -0.116. The Hall–Kier alpha value is -2.57. The Morgan fingerprint density at radius 1 is 0.929 bits per heavy atom. The average Bonchev–Trinajstić information content (AvgIpc) is 3.28. The summed E-state index contributed by atoms with van der Waals surface area (Å²) in [7, 11) is 0. The third-order valence-electron chi connectivity index (χ3n) is 4.94. The van der Waals surface area contributed by atoms with Gasteiger partial charge in [-0.2, -0.15) is 0 Å². The SMILES string of the molecule is O=C(CN1C(=O)c2cc(Cl)c(Cl)cc2C1=O)Nc1ccc(N2CCCC2)cc1. The van der Waals surface area contributed by atoms with E-state index in [4.69, 9.17) is 23.2 Å². The van der Waals surface area contributed by atoms with Crippen molar-refractivity contribution >= 4 is 52.3 Å². The van der Waals surface area contributed by atoms with E-state index in [1.165, 1.54) is 25.0 Å². The van der Waals surface area contributed by atoms with Gasteiger partial charge in [0.2, 0.25) is 5.91 Å². The van der Waals surface area contributed by atoms with Crippen LogP contribution in [0.25, 0.3) is 0 Å². The Bertz CT molecular complexity index is 928. The Balaban J connectivity index is 1.42. The molecule has 28 heavy (non-hydrogen) atoms. The van der Waals surface area contributed by atoms with Gasteiger partial charge in [-0.05, 0) is 49.2 Å². The average molecular weight is 418 g/mol. The molecule has 1 fully saturated rings. The van der Waals surface area contributed by atoms with Crippen LogP contribution in [0.1, 0.15) is 33.6 Å². The number of rotatable bonds is 4. The van der Waals surface area contributed by atoms with Gasteiger partial charge in [-0.1, -0.05) is 23.2 Å². The summed E-state index contributed by atoms with van der Waals surface area (Å²) in [5.41, 5.74) is 2.03. The minimum absolute atomic E-state index is 0.155. The topological polar surface area (TPSA) is 69.7 Å². The molecule has 2 aliphatic rings. The molecule has 0 saturated carbocycles. The number of hydrogen-bond acceptors (Lipinski definition) is 4. The van der Waals surface area contributed by atoms with Crippen molar-refractivity contribution in [3.63, 3.8) is 0 Å². The van der Waals surface area contributed by atoms with E-state index in [1.807, 2.05) is 24.3 Å². The van der Waals surface area contributed by atoms with Gasteiger partial charge in [-0.25, -0.2) is 0 Å². The number of benzene rings is 2. The van der Waals surface area contributed by atoms with Gasteiger partial charge in [-0.15, -0.1) is 0 Å². The molecule has 8 heteroatoms. The fraction of sp³-hybridized carbons (Fsp3) is 0.250. The summed E-state index contributed by atoms with van der Waals surface area (Å²) in [5.74, 6) is -1.57. The summed E-state index contributed by atoms with van der Waals surface area (Å²) in [6.45, 7) is 1.70. The third-order valence-corrected chi connectivity index (χ3v) is 5.66. The molecule has 2 aromatic rings. The highest BCUT2D eigenvalue weighted by Crippen LogP contribution is 2.31. The summed E-state index contributed by atoms with van der Waals surface area (Å²) < 4.78 is 0. The molecule has 2 aliphatic heterocycles. The molecule has 0 aliphatic carbocycles. The molecule has 0 spiro atoms. The van der Waals surface area contributed by atoms with Gasteiger partial charge in [0.1, 0.15) is 6.54 Å². The van der Waals surface area contributed by atoms with E-state index < -0.39 is 17.7 Å². The summed E-state index contributed by atoms with van der Waals surface area (Å²) in [4.78, 5) is 40.5. The molecule has 2 aromatic carbocycles. The zero-order chi connectivity index (χ0) is 19.8. The van der Waals surface area contributed by atoms with Crippen LogP contribution in [0.3, 0.4) is 0 Å². The standard InChI is InChI=1S/C20H17Cl2N3O3/c21-16-9-14-15(10-17(16)22)20(28)25(19(14)27)11-18(26)23-12-3-5-13(6-4-12)24-7-1-2-8-24/h3-6,9-10H,1-2,7-8,11H2,(H,23,26). The molecule has 3 amide bonds. The Morgan fingerprint density at radius 2 is 1.46 bits per heavy atom. The number of amides is 3. The Kier molecular flexibility index (Phi) is 5.00. The van der Waals surface area contributed by atoms with E-state index in [0.29, 0.717) is 5.69 Å². The maximum absolute atomic E-state index is 12.5. The van der Waals surface area contributed by atoms with Gasteiger partial charge in [0.25, 0.3) is 11.8 Å². The largest absolute Gasteiger partial charge is 0.372 e. The number of halogens is 2. The molecule has 1 N–H and O–H groups in total. The first kappa shape index (κ1) is 18.8. The number of nitrogens with one attached hydrogen (secondary N) is 1. The minimum Gasteiger partial charge on any atom is -0.372 e. The molecule has 4 rings (SSSR count). The zero-order valence-corrected chi connectivity index (χ0v) is 16.4. The van der Waals surface area contributed by atoms with E-state index in [2.05, 4.69) is 10.2 Å². The third kappa shape index (κ3) is 3.45. The van der Waals surface area contributed by atoms with Crippen LogP contribution in [0.15, 0.2) is 36.4 Å². The van der Waals surface area contributed by atoms with Crippen LogP contribution in [-0.4, -0.2) is 42.3 Å². The van der Waals surface area contributed by atoms with E-state index in [-0.39, 0.29) is 27.7 Å². The second-order valence-corrected chi connectivity index (χ2v) is 7.61. The molecular weight excluding hydrogens is 401 g/mol. The number of carbonyl (C=O) groups is 3. The lowest BCUT2D eigenvalue weighted by Crippen LogP contribution is -2.37. The van der Waals surface area contributed by atoms with Crippen molar-refractivity contribution in [2.24, 2.45) is 0 Å². The smallest absolute Gasteiger partial charge is 0.262 e. The molecule has 0 aromatic heterocycles. The van der Waals surface area contributed by atoms with Crippen LogP contribution in [-0.2, 0) is 4.79 Å². The highest BCUT2D eigenvalue weighted by Gasteiger charge is 2.37. The van der Waals surface area contributed by atoms with Crippen molar-refractivity contribution in [1.29, 1.82) is 0 Å². The lowest BCUT2D eigenvalue weighted by atomic mass is 10.1. The van der Waals surface area contributed by atoms with Gasteiger partial charge < -0.3 is 10.2 Å². The Labute approximate surface area is 172 Å². The summed E-state index contributed by atoms with van der Waals surface area (Å²) >= 11 is 11.9. The van der Waals surface area contributed by atoms with Crippen molar-refractivity contribution in [2.75, 3.05) is 29.9 Å². The molecule has 0 radical (unpaired) electrons. The number of fused-ring (bicyclic) bond motifs is 1. The van der Waals surface area contributed by atoms with E-state index in [0.717, 1.165) is 23.7 Å². The van der Waals surface area contributed by atoms with Crippen LogP contribution < -0.4 is 10.2 Å². The normalized spacial score (nSPS) is 15.9. The van der Waals surface area contributed by atoms with Gasteiger partial charge in [0, 0.05) is 24.5 Å². The maximum Gasteiger partial charge on any atom is 0.262 e. The second kappa shape index (κ2) is 7.45. The highest BCUT2D eigenvalue weighted by atomic mass is 35.5. The number of hydrogen-bond donors (Lipinski definition) is 1. The lowest BCUT2D eigenvalue weighted by Gasteiger charge is -2.18. The van der Waals surface area contributed by atoms with Crippen molar-refractivity contribution < 1.29 is 14.4 Å². The van der Waals surface area contributed by atoms with Crippen LogP contribution in [0.4, 0.5) is 11.4 Å². The number of carbonyl (C=O) groups excluding carboxylic acids is 3. The first-order chi connectivity index (χ1) is 13.4. The first-order valence-corrected chi connectivity index (χ1v) is 9.70. The molecule has 2 heterocycles. The van der Waals surface area contributed by atoms with Crippen LogP contribution in [0.5, 0.6) is 0 Å². The molecule has 6 nitrogen and oxygen atoms in total. The van der Waals surface area contributed by atoms with E-state index >= 15 is 0 Å². The predicted octanol–water partition coefficient (Wildman–Crippen LogP) is 3.83. The van der Waals surface area contributed by atoms with Gasteiger partial charge in [0.15, 0.2) is 0 Å². The summed E-state index contributed by atoms with van der Waals surface area (Å²) in [6, 6.07) is 10.2. The van der Waals surface area contributed by atoms with E-state index in [9.17, 15) is 14.4 Å². The molecule has 1 saturated heterocycles. The first-order valence-electron chi connectivity index (χ1n) is 8.94. The van der Waals surface area contributed by atoms with Crippen LogP contribution in [0, 0.1) is 0 Å². The zero-order valence-electron chi connectivity index (χ0n) is 14.9. The quantitative estimate of drug-likeness (QED) is 0.767. The molecule has 0 atom stereocenters. The summed E-state index contributed by atoms with van der Waals surface area (Å²) in [5, 5.41) is 3.09.